The maximum atomic E-state index is 12.4. The molecule has 0 saturated carbocycles. The number of aromatic hydroxyl groups is 1. The summed E-state index contributed by atoms with van der Waals surface area (Å²) < 4.78 is 5.03. The number of nitrogens with zero attached hydrogens (tertiary/aromatic N) is 1. The van der Waals surface area contributed by atoms with Crippen LogP contribution in [0, 0.1) is 0 Å². The number of carbonyl (C=O) groups excluding carboxylic acids is 1. The largest absolute Gasteiger partial charge is 0.508 e. The number of hydrogen-bond acceptors (Lipinski definition) is 3. The first kappa shape index (κ1) is 14.5. The zero-order chi connectivity index (χ0) is 13.5. The summed E-state index contributed by atoms with van der Waals surface area (Å²) >= 11 is 0. The molecule has 0 bridgehead atoms. The van der Waals surface area contributed by atoms with E-state index in [1.54, 1.807) is 30.2 Å². The summed E-state index contributed by atoms with van der Waals surface area (Å²) in [6.45, 7) is 5.12. The van der Waals surface area contributed by atoms with E-state index in [4.69, 9.17) is 4.74 Å². The van der Waals surface area contributed by atoms with Crippen molar-refractivity contribution in [3.05, 3.63) is 29.8 Å². The fourth-order valence-electron chi connectivity index (χ4n) is 1.74. The fraction of sp³-hybridized carbons (Fsp3) is 0.500. The van der Waals surface area contributed by atoms with Crippen molar-refractivity contribution in [1.29, 1.82) is 0 Å². The number of hydrogen-bond donors (Lipinski definition) is 1. The predicted octanol–water partition coefficient (Wildman–Crippen LogP) is 2.28. The molecule has 0 radical (unpaired) electrons. The molecule has 1 unspecified atom stereocenters. The van der Waals surface area contributed by atoms with Gasteiger partial charge in [-0.2, -0.15) is 0 Å². The van der Waals surface area contributed by atoms with E-state index in [2.05, 4.69) is 0 Å². The third-order valence-corrected chi connectivity index (χ3v) is 3.01. The van der Waals surface area contributed by atoms with Crippen molar-refractivity contribution in [2.24, 2.45) is 0 Å². The van der Waals surface area contributed by atoms with Crippen LogP contribution in [0.5, 0.6) is 5.75 Å². The second-order valence-electron chi connectivity index (χ2n) is 4.30. The molecule has 0 saturated heterocycles. The van der Waals surface area contributed by atoms with Gasteiger partial charge < -0.3 is 14.7 Å². The number of benzene rings is 1. The predicted molar refractivity (Wildman–Crippen MR) is 70.8 cm³/mol. The Balaban J connectivity index is 2.87. The molecule has 0 fully saturated rings. The summed E-state index contributed by atoms with van der Waals surface area (Å²) in [6.07, 6.45) is 0.883. The van der Waals surface area contributed by atoms with Crippen LogP contribution in [0.2, 0.25) is 0 Å². The number of ether oxygens (including phenoxy) is 1. The fourth-order valence-corrected chi connectivity index (χ4v) is 1.74. The minimum atomic E-state index is -0.0719. The van der Waals surface area contributed by atoms with E-state index in [9.17, 15) is 9.90 Å². The maximum Gasteiger partial charge on any atom is 0.254 e. The molecule has 1 aromatic rings. The second kappa shape index (κ2) is 7.01. The lowest BCUT2D eigenvalue weighted by molar-refractivity contribution is 0.0613. The topological polar surface area (TPSA) is 49.8 Å². The van der Waals surface area contributed by atoms with Gasteiger partial charge in [-0.15, -0.1) is 0 Å². The lowest BCUT2D eigenvalue weighted by Gasteiger charge is -2.28. The first-order valence-corrected chi connectivity index (χ1v) is 6.19. The monoisotopic (exact) mass is 251 g/mol. The molecule has 0 aromatic heterocycles. The minimum absolute atomic E-state index is 0.0719. The molecule has 0 spiro atoms. The van der Waals surface area contributed by atoms with Crippen molar-refractivity contribution in [3.8, 4) is 5.75 Å². The van der Waals surface area contributed by atoms with Crippen LogP contribution in [-0.2, 0) is 4.74 Å². The molecule has 1 atom stereocenters. The zero-order valence-corrected chi connectivity index (χ0v) is 11.2. The number of phenols is 1. The summed E-state index contributed by atoms with van der Waals surface area (Å²) in [5.74, 6) is 0.0361. The third-order valence-electron chi connectivity index (χ3n) is 3.01. The zero-order valence-electron chi connectivity index (χ0n) is 11.2. The standard InChI is InChI=1S/C14H21NO3/c1-4-11(2)15(8-9-18-3)14(17)12-6-5-7-13(16)10-12/h5-7,10-11,16H,4,8-9H2,1-3H3. The van der Waals surface area contributed by atoms with Crippen LogP contribution in [0.15, 0.2) is 24.3 Å². The van der Waals surface area contributed by atoms with Gasteiger partial charge in [0.25, 0.3) is 5.91 Å². The smallest absolute Gasteiger partial charge is 0.254 e. The van der Waals surface area contributed by atoms with Crippen LogP contribution in [-0.4, -0.2) is 42.2 Å². The number of rotatable bonds is 6. The van der Waals surface area contributed by atoms with Crippen LogP contribution in [0.4, 0.5) is 0 Å². The molecule has 18 heavy (non-hydrogen) atoms. The molecule has 1 amide bonds. The number of carbonyl (C=O) groups is 1. The normalized spacial score (nSPS) is 12.2. The maximum absolute atomic E-state index is 12.4. The highest BCUT2D eigenvalue weighted by Crippen LogP contribution is 2.15. The van der Waals surface area contributed by atoms with Crippen LogP contribution in [0.25, 0.3) is 0 Å². The van der Waals surface area contributed by atoms with Crippen molar-refractivity contribution in [2.75, 3.05) is 20.3 Å². The molecule has 1 rings (SSSR count). The van der Waals surface area contributed by atoms with Gasteiger partial charge in [-0.05, 0) is 31.5 Å². The molecule has 4 heteroatoms. The van der Waals surface area contributed by atoms with Gasteiger partial charge >= 0.3 is 0 Å². The van der Waals surface area contributed by atoms with Crippen LogP contribution < -0.4 is 0 Å². The van der Waals surface area contributed by atoms with E-state index < -0.39 is 0 Å². The van der Waals surface area contributed by atoms with Gasteiger partial charge in [0.05, 0.1) is 6.61 Å². The van der Waals surface area contributed by atoms with Gasteiger partial charge in [0, 0.05) is 25.3 Å². The highest BCUT2D eigenvalue weighted by atomic mass is 16.5. The van der Waals surface area contributed by atoms with Crippen molar-refractivity contribution in [2.45, 2.75) is 26.3 Å². The van der Waals surface area contributed by atoms with E-state index >= 15 is 0 Å². The van der Waals surface area contributed by atoms with Crippen molar-refractivity contribution >= 4 is 5.91 Å². The van der Waals surface area contributed by atoms with Gasteiger partial charge in [0.15, 0.2) is 0 Å². The SMILES string of the molecule is CCC(C)N(CCOC)C(=O)c1cccc(O)c1. The van der Waals surface area contributed by atoms with Gasteiger partial charge in [-0.1, -0.05) is 13.0 Å². The summed E-state index contributed by atoms with van der Waals surface area (Å²) in [7, 11) is 1.62. The summed E-state index contributed by atoms with van der Waals surface area (Å²) in [5, 5.41) is 9.42. The molecule has 100 valence electrons. The molecular weight excluding hydrogens is 230 g/mol. The molecule has 0 aliphatic heterocycles. The average Bonchev–Trinajstić information content (AvgIpc) is 2.38. The highest BCUT2D eigenvalue weighted by Gasteiger charge is 2.20. The summed E-state index contributed by atoms with van der Waals surface area (Å²) in [4.78, 5) is 14.1. The molecular formula is C14H21NO3. The van der Waals surface area contributed by atoms with Crippen molar-refractivity contribution < 1.29 is 14.6 Å². The number of methoxy groups -OCH3 is 1. The van der Waals surface area contributed by atoms with Gasteiger partial charge in [-0.3, -0.25) is 4.79 Å². The Morgan fingerprint density at radius 1 is 1.50 bits per heavy atom. The Hall–Kier alpha value is -1.55. The molecule has 4 nitrogen and oxygen atoms in total. The quantitative estimate of drug-likeness (QED) is 0.843. The Bertz CT molecular complexity index is 392. The Labute approximate surface area is 108 Å². The number of amides is 1. The van der Waals surface area contributed by atoms with Crippen molar-refractivity contribution in [1.82, 2.24) is 4.90 Å². The summed E-state index contributed by atoms with van der Waals surface area (Å²) in [6, 6.07) is 6.58. The second-order valence-corrected chi connectivity index (χ2v) is 4.30. The van der Waals surface area contributed by atoms with Gasteiger partial charge in [0.2, 0.25) is 0 Å². The van der Waals surface area contributed by atoms with Crippen molar-refractivity contribution in [3.63, 3.8) is 0 Å². The Morgan fingerprint density at radius 2 is 2.22 bits per heavy atom. The molecule has 0 heterocycles. The lowest BCUT2D eigenvalue weighted by Crippen LogP contribution is -2.40. The molecule has 1 aromatic carbocycles. The van der Waals surface area contributed by atoms with E-state index in [1.165, 1.54) is 6.07 Å². The summed E-state index contributed by atoms with van der Waals surface area (Å²) in [5.41, 5.74) is 0.506. The molecule has 0 aliphatic carbocycles. The van der Waals surface area contributed by atoms with Crippen LogP contribution >= 0.6 is 0 Å². The first-order chi connectivity index (χ1) is 8.60. The van der Waals surface area contributed by atoms with E-state index in [1.807, 2.05) is 13.8 Å². The molecule has 1 N–H and O–H groups in total. The third kappa shape index (κ3) is 3.74. The number of phenolic OH excluding ortho intramolecular Hbond substituents is 1. The van der Waals surface area contributed by atoms with Crippen LogP contribution in [0.3, 0.4) is 0 Å². The molecule has 0 aliphatic rings. The Kier molecular flexibility index (Phi) is 5.65. The van der Waals surface area contributed by atoms with Crippen LogP contribution in [0.1, 0.15) is 30.6 Å². The van der Waals surface area contributed by atoms with E-state index in [0.29, 0.717) is 18.7 Å². The van der Waals surface area contributed by atoms with E-state index in [-0.39, 0.29) is 17.7 Å². The van der Waals surface area contributed by atoms with E-state index in [0.717, 1.165) is 6.42 Å². The van der Waals surface area contributed by atoms with Gasteiger partial charge in [-0.25, -0.2) is 0 Å². The highest BCUT2D eigenvalue weighted by molar-refractivity contribution is 5.94. The Morgan fingerprint density at radius 3 is 2.78 bits per heavy atom. The van der Waals surface area contributed by atoms with Gasteiger partial charge in [0.1, 0.15) is 5.75 Å². The minimum Gasteiger partial charge on any atom is -0.508 e. The lowest BCUT2D eigenvalue weighted by atomic mass is 10.1. The first-order valence-electron chi connectivity index (χ1n) is 6.19. The average molecular weight is 251 g/mol.